The van der Waals surface area contributed by atoms with Crippen molar-refractivity contribution in [3.05, 3.63) is 58.8 Å². The van der Waals surface area contributed by atoms with E-state index in [4.69, 9.17) is 28.1 Å². The van der Waals surface area contributed by atoms with E-state index in [0.29, 0.717) is 23.0 Å². The molecule has 1 aliphatic heterocycles. The fraction of sp³-hybridized carbons (Fsp3) is 0.143. The molecule has 0 radical (unpaired) electrons. The Morgan fingerprint density at radius 3 is 2.75 bits per heavy atom. The summed E-state index contributed by atoms with van der Waals surface area (Å²) in [6, 6.07) is 11.3. The second kappa shape index (κ2) is 8.91. The molecule has 1 fully saturated rings. The molecule has 0 saturated carbocycles. The predicted molar refractivity (Wildman–Crippen MR) is 114 cm³/mol. The zero-order valence-corrected chi connectivity index (χ0v) is 16.6. The van der Waals surface area contributed by atoms with Crippen molar-refractivity contribution in [2.75, 3.05) is 18.1 Å². The highest BCUT2D eigenvalue weighted by Crippen LogP contribution is 2.38. The summed E-state index contributed by atoms with van der Waals surface area (Å²) in [5.41, 5.74) is 0.868. The molecule has 1 saturated heterocycles. The zero-order chi connectivity index (χ0) is 20.1. The molecular weight excluding hydrogens is 397 g/mol. The first-order valence-corrected chi connectivity index (χ1v) is 9.63. The summed E-state index contributed by atoms with van der Waals surface area (Å²) in [6.45, 7) is 2.43. The smallest absolute Gasteiger partial charge is 0.270 e. The first-order chi connectivity index (χ1) is 13.5. The van der Waals surface area contributed by atoms with Gasteiger partial charge in [0, 0.05) is 0 Å². The van der Waals surface area contributed by atoms with Crippen LogP contribution in [-0.2, 0) is 4.79 Å². The number of terminal acetylenes is 1. The zero-order valence-electron chi connectivity index (χ0n) is 15.0. The number of thiocarbonyl (C=S) groups is 1. The lowest BCUT2D eigenvalue weighted by Gasteiger charge is -2.15. The minimum Gasteiger partial charge on any atom is -0.490 e. The number of benzene rings is 2. The summed E-state index contributed by atoms with van der Waals surface area (Å²) in [4.78, 5) is 14.4. The first kappa shape index (κ1) is 19.9. The van der Waals surface area contributed by atoms with Crippen LogP contribution < -0.4 is 14.4 Å². The van der Waals surface area contributed by atoms with Crippen LogP contribution in [-0.4, -0.2) is 23.4 Å². The van der Waals surface area contributed by atoms with Gasteiger partial charge in [0.2, 0.25) is 0 Å². The van der Waals surface area contributed by atoms with E-state index in [-0.39, 0.29) is 22.5 Å². The van der Waals surface area contributed by atoms with E-state index in [1.165, 1.54) is 17.0 Å². The topological polar surface area (TPSA) is 38.8 Å². The minimum atomic E-state index is -0.506. The molecule has 7 heteroatoms. The first-order valence-electron chi connectivity index (χ1n) is 8.40. The number of carbonyl (C=O) groups is 1. The second-order valence-electron chi connectivity index (χ2n) is 5.60. The third kappa shape index (κ3) is 4.19. The number of hydrogen-bond donors (Lipinski definition) is 0. The highest BCUT2D eigenvalue weighted by molar-refractivity contribution is 8.27. The Kier molecular flexibility index (Phi) is 6.34. The van der Waals surface area contributed by atoms with E-state index in [1.54, 1.807) is 36.4 Å². The average Bonchev–Trinajstić information content (AvgIpc) is 2.95. The van der Waals surface area contributed by atoms with Crippen LogP contribution >= 0.6 is 24.0 Å². The summed E-state index contributed by atoms with van der Waals surface area (Å²) in [5, 5.41) is 0. The Morgan fingerprint density at radius 2 is 2.04 bits per heavy atom. The Hall–Kier alpha value is -2.82. The van der Waals surface area contributed by atoms with Gasteiger partial charge in [0.25, 0.3) is 5.91 Å². The van der Waals surface area contributed by atoms with Gasteiger partial charge in [0.05, 0.1) is 17.2 Å². The average molecular weight is 413 g/mol. The number of nitrogens with zero attached hydrogens (tertiary/aromatic N) is 1. The van der Waals surface area contributed by atoms with Gasteiger partial charge in [-0.25, -0.2) is 4.39 Å². The Labute approximate surface area is 172 Å². The van der Waals surface area contributed by atoms with Crippen molar-refractivity contribution in [1.29, 1.82) is 0 Å². The number of hydrogen-bond acceptors (Lipinski definition) is 5. The summed E-state index contributed by atoms with van der Waals surface area (Å²) in [5.74, 6) is 2.58. The monoisotopic (exact) mass is 413 g/mol. The number of halogens is 1. The number of amides is 1. The molecule has 1 aliphatic rings. The third-order valence-corrected chi connectivity index (χ3v) is 5.07. The van der Waals surface area contributed by atoms with E-state index in [9.17, 15) is 9.18 Å². The van der Waals surface area contributed by atoms with E-state index >= 15 is 0 Å². The lowest BCUT2D eigenvalue weighted by Crippen LogP contribution is -2.28. The molecule has 2 aromatic carbocycles. The van der Waals surface area contributed by atoms with Crippen LogP contribution in [0.3, 0.4) is 0 Å². The van der Waals surface area contributed by atoms with E-state index in [1.807, 2.05) is 6.92 Å². The molecule has 0 aromatic heterocycles. The minimum absolute atomic E-state index is 0.126. The SMILES string of the molecule is C#CCOc1ccc(/C=C2/SC(=S)N(c3ccccc3F)C2=O)cc1OCC. The lowest BCUT2D eigenvalue weighted by atomic mass is 10.1. The standard InChI is InChI=1S/C21H16FNO3S2/c1-3-11-26-17-10-9-14(12-18(17)25-4-2)13-19-20(24)23(21(27)28-19)16-8-6-5-7-15(16)22/h1,5-10,12-13H,4,11H2,2H3/b19-13+. The van der Waals surface area contributed by atoms with Crippen LogP contribution in [0.2, 0.25) is 0 Å². The maximum absolute atomic E-state index is 14.1. The molecule has 2 aromatic rings. The van der Waals surface area contributed by atoms with E-state index < -0.39 is 5.82 Å². The van der Waals surface area contributed by atoms with Gasteiger partial charge in [0.15, 0.2) is 15.8 Å². The van der Waals surface area contributed by atoms with Crippen molar-refractivity contribution in [3.63, 3.8) is 0 Å². The molecular formula is C21H16FNO3S2. The molecule has 3 rings (SSSR count). The molecule has 0 aliphatic carbocycles. The maximum Gasteiger partial charge on any atom is 0.270 e. The molecule has 28 heavy (non-hydrogen) atoms. The van der Waals surface area contributed by atoms with E-state index in [2.05, 4.69) is 5.92 Å². The molecule has 1 heterocycles. The second-order valence-corrected chi connectivity index (χ2v) is 7.28. The van der Waals surface area contributed by atoms with Crippen LogP contribution in [0.25, 0.3) is 6.08 Å². The fourth-order valence-electron chi connectivity index (χ4n) is 2.58. The van der Waals surface area contributed by atoms with Crippen LogP contribution in [0.15, 0.2) is 47.4 Å². The van der Waals surface area contributed by atoms with Crippen molar-refractivity contribution >= 4 is 46.0 Å². The lowest BCUT2D eigenvalue weighted by molar-refractivity contribution is -0.113. The highest BCUT2D eigenvalue weighted by Gasteiger charge is 2.34. The van der Waals surface area contributed by atoms with Crippen molar-refractivity contribution < 1.29 is 18.7 Å². The van der Waals surface area contributed by atoms with Crippen LogP contribution in [0.1, 0.15) is 12.5 Å². The van der Waals surface area contributed by atoms with Gasteiger partial charge < -0.3 is 9.47 Å². The van der Waals surface area contributed by atoms with Gasteiger partial charge >= 0.3 is 0 Å². The van der Waals surface area contributed by atoms with Crippen molar-refractivity contribution in [3.8, 4) is 23.8 Å². The van der Waals surface area contributed by atoms with Gasteiger partial charge in [0.1, 0.15) is 12.4 Å². The van der Waals surface area contributed by atoms with Crippen LogP contribution in [0.4, 0.5) is 10.1 Å². The molecule has 142 valence electrons. The Bertz CT molecular complexity index is 997. The number of para-hydroxylation sites is 1. The number of rotatable bonds is 6. The number of ether oxygens (including phenoxy) is 2. The predicted octanol–water partition coefficient (Wildman–Crippen LogP) is 4.64. The third-order valence-electron chi connectivity index (χ3n) is 3.76. The highest BCUT2D eigenvalue weighted by atomic mass is 32.2. The molecule has 0 unspecified atom stereocenters. The van der Waals surface area contributed by atoms with E-state index in [0.717, 1.165) is 17.3 Å². The van der Waals surface area contributed by atoms with Gasteiger partial charge in [-0.15, -0.1) is 6.42 Å². The molecule has 0 atom stereocenters. The summed E-state index contributed by atoms with van der Waals surface area (Å²) < 4.78 is 25.4. The van der Waals surface area contributed by atoms with Crippen LogP contribution in [0, 0.1) is 18.2 Å². The molecule has 0 bridgehead atoms. The quantitative estimate of drug-likeness (QED) is 0.392. The van der Waals surface area contributed by atoms with Gasteiger partial charge in [-0.1, -0.05) is 48.1 Å². The molecule has 4 nitrogen and oxygen atoms in total. The Morgan fingerprint density at radius 1 is 1.25 bits per heavy atom. The summed E-state index contributed by atoms with van der Waals surface area (Å²) in [6.07, 6.45) is 6.92. The molecule has 0 spiro atoms. The van der Waals surface area contributed by atoms with Crippen molar-refractivity contribution in [2.24, 2.45) is 0 Å². The van der Waals surface area contributed by atoms with Gasteiger partial charge in [-0.05, 0) is 42.8 Å². The number of anilines is 1. The summed E-state index contributed by atoms with van der Waals surface area (Å²) >= 11 is 6.41. The number of thioether (sulfide) groups is 1. The fourth-order valence-corrected chi connectivity index (χ4v) is 3.87. The molecule has 0 N–H and O–H groups in total. The largest absolute Gasteiger partial charge is 0.490 e. The van der Waals surface area contributed by atoms with Gasteiger partial charge in [-0.2, -0.15) is 0 Å². The van der Waals surface area contributed by atoms with Crippen molar-refractivity contribution in [1.82, 2.24) is 0 Å². The maximum atomic E-state index is 14.1. The van der Waals surface area contributed by atoms with Crippen molar-refractivity contribution in [2.45, 2.75) is 6.92 Å². The number of carbonyl (C=O) groups excluding carboxylic acids is 1. The summed E-state index contributed by atoms with van der Waals surface area (Å²) in [7, 11) is 0. The van der Waals surface area contributed by atoms with Gasteiger partial charge in [-0.3, -0.25) is 9.69 Å². The Balaban J connectivity index is 1.90. The van der Waals surface area contributed by atoms with Crippen LogP contribution in [0.5, 0.6) is 11.5 Å². The molecule has 1 amide bonds. The normalized spacial score (nSPS) is 15.0.